The van der Waals surface area contributed by atoms with E-state index >= 15 is 0 Å². The Morgan fingerprint density at radius 2 is 1.16 bits per heavy atom. The van der Waals surface area contributed by atoms with Crippen molar-refractivity contribution in [2.24, 2.45) is 0 Å². The van der Waals surface area contributed by atoms with E-state index in [2.05, 4.69) is 21.3 Å². The highest BCUT2D eigenvalue weighted by Gasteiger charge is 2.52. The zero-order valence-corrected chi connectivity index (χ0v) is 30.2. The Morgan fingerprint density at radius 3 is 1.76 bits per heavy atom. The molecule has 16 atom stereocenters. The molecule has 24 heteroatoms. The molecule has 0 saturated carbocycles. The Hall–Kier alpha value is -2.76. The Bertz CT molecular complexity index is 1230. The monoisotopic (exact) mass is 802 g/mol. The molecule has 0 aliphatic carbocycles. The number of aliphatic hydroxyl groups excluding tert-OH is 10. The van der Waals surface area contributed by atoms with Crippen LogP contribution in [0.2, 0.25) is 0 Å². The van der Waals surface area contributed by atoms with Gasteiger partial charge in [-0.05, 0) is 13.8 Å². The fourth-order valence-electron chi connectivity index (χ4n) is 5.71. The van der Waals surface area contributed by atoms with Crippen molar-refractivity contribution >= 4 is 23.6 Å². The van der Waals surface area contributed by atoms with E-state index in [9.17, 15) is 70.2 Å². The van der Waals surface area contributed by atoms with Gasteiger partial charge in [-0.15, -0.1) is 0 Å². The minimum atomic E-state index is -1.93. The molecular formula is C31H54N4O20. The third-order valence-electron chi connectivity index (χ3n) is 8.91. The molecule has 0 spiro atoms. The second-order valence-corrected chi connectivity index (χ2v) is 13.0. The highest BCUT2D eigenvalue weighted by Crippen LogP contribution is 2.31. The van der Waals surface area contributed by atoms with Crippen LogP contribution in [0.1, 0.15) is 26.7 Å². The highest BCUT2D eigenvalue weighted by atomic mass is 16.7. The van der Waals surface area contributed by atoms with Gasteiger partial charge in [0.2, 0.25) is 23.6 Å². The number of rotatable bonds is 19. The number of hydrogen-bond acceptors (Lipinski definition) is 20. The van der Waals surface area contributed by atoms with E-state index in [0.717, 1.165) is 0 Å². The van der Waals surface area contributed by atoms with Gasteiger partial charge in [0.1, 0.15) is 79.3 Å². The quantitative estimate of drug-likeness (QED) is 0.0539. The summed E-state index contributed by atoms with van der Waals surface area (Å²) in [5.74, 6) is -2.22. The smallest absolute Gasteiger partial charge is 0.242 e. The Labute approximate surface area is 314 Å². The number of hydrogen-bond donors (Lipinski definition) is 14. The number of carbonyl (C=O) groups is 4. The van der Waals surface area contributed by atoms with Crippen LogP contribution in [-0.2, 0) is 47.6 Å². The largest absolute Gasteiger partial charge is 0.394 e. The topological polar surface area (TPSA) is 374 Å². The van der Waals surface area contributed by atoms with Gasteiger partial charge in [0.25, 0.3) is 0 Å². The van der Waals surface area contributed by atoms with E-state index in [1.807, 2.05) is 0 Å². The van der Waals surface area contributed by atoms with Gasteiger partial charge < -0.3 is 101 Å². The number of aliphatic hydroxyl groups is 10. The van der Waals surface area contributed by atoms with Crippen molar-refractivity contribution in [2.75, 3.05) is 46.1 Å². The second kappa shape index (κ2) is 22.3. The lowest BCUT2D eigenvalue weighted by Gasteiger charge is -2.46. The molecule has 3 saturated heterocycles. The first-order valence-corrected chi connectivity index (χ1v) is 17.7. The predicted molar refractivity (Wildman–Crippen MR) is 177 cm³/mol. The summed E-state index contributed by atoms with van der Waals surface area (Å²) < 4.78 is 33.0. The molecule has 4 amide bonds. The fourth-order valence-corrected chi connectivity index (χ4v) is 5.71. The minimum Gasteiger partial charge on any atom is -0.394 e. The van der Waals surface area contributed by atoms with Gasteiger partial charge in [0.15, 0.2) is 18.9 Å². The molecule has 0 bridgehead atoms. The van der Waals surface area contributed by atoms with Crippen LogP contribution in [0.3, 0.4) is 0 Å². The van der Waals surface area contributed by atoms with Crippen LogP contribution < -0.4 is 21.3 Å². The van der Waals surface area contributed by atoms with Gasteiger partial charge in [-0.3, -0.25) is 19.2 Å². The molecule has 0 aromatic carbocycles. The molecule has 0 radical (unpaired) electrons. The van der Waals surface area contributed by atoms with Crippen molar-refractivity contribution in [1.29, 1.82) is 0 Å². The van der Waals surface area contributed by atoms with Crippen molar-refractivity contribution < 1.29 is 98.7 Å². The van der Waals surface area contributed by atoms with E-state index in [-0.39, 0.29) is 31.9 Å². The summed E-state index contributed by atoms with van der Waals surface area (Å²) in [5.41, 5.74) is 0. The summed E-state index contributed by atoms with van der Waals surface area (Å²) in [4.78, 5) is 48.2. The minimum absolute atomic E-state index is 0.0650. The summed E-state index contributed by atoms with van der Waals surface area (Å²) in [7, 11) is 0. The van der Waals surface area contributed by atoms with Gasteiger partial charge >= 0.3 is 0 Å². The summed E-state index contributed by atoms with van der Waals surface area (Å²) in [6, 6.07) is -1.02. The fraction of sp³-hybridized carbons (Fsp3) is 0.871. The normalized spacial score (nSPS) is 37.1. The van der Waals surface area contributed by atoms with Crippen LogP contribution in [0.15, 0.2) is 0 Å². The average molecular weight is 803 g/mol. The number of amides is 4. The lowest BCUT2D eigenvalue weighted by molar-refractivity contribution is -0.366. The average Bonchev–Trinajstić information content (AvgIpc) is 3.16. The van der Waals surface area contributed by atoms with E-state index in [4.69, 9.17) is 28.4 Å². The molecule has 0 unspecified atom stereocenters. The standard InChI is InChI=1S/C31H54N4O20/c1-3-32-16(38)4-5-17(39)35-12(2)28(49)34-8-18(40)33-6-7-50-30-26(48)27(55-31-25(47)23(45)20(42)14(10-37)53-31)21(43)15(54-30)11-51-29-24(46)22(44)19(41)13(9-36)52-29/h12-15,19-27,29-31,36-37,41-48H,3-11H2,1-2H3,(H,32,38)(H,33,40)(H,34,49)(H,35,39)/t12-,13+,14+,15+,19+,20+,21+,22-,23-,24-,25-,26-,27-,29-,30-,31+/m0/s1. The van der Waals surface area contributed by atoms with Gasteiger partial charge in [-0.25, -0.2) is 0 Å². The van der Waals surface area contributed by atoms with E-state index in [0.29, 0.717) is 6.54 Å². The third-order valence-corrected chi connectivity index (χ3v) is 8.91. The summed E-state index contributed by atoms with van der Waals surface area (Å²) in [5, 5.41) is 112. The van der Waals surface area contributed by atoms with Gasteiger partial charge in [0.05, 0.1) is 33.0 Å². The van der Waals surface area contributed by atoms with Crippen molar-refractivity contribution in [3.05, 3.63) is 0 Å². The molecule has 3 fully saturated rings. The molecule has 24 nitrogen and oxygen atoms in total. The molecule has 3 aliphatic rings. The van der Waals surface area contributed by atoms with Crippen LogP contribution in [-0.4, -0.2) is 219 Å². The van der Waals surface area contributed by atoms with Gasteiger partial charge in [0, 0.05) is 25.9 Å². The summed E-state index contributed by atoms with van der Waals surface area (Å²) in [6.07, 6.45) is -25.9. The maximum Gasteiger partial charge on any atom is 0.242 e. The van der Waals surface area contributed by atoms with Gasteiger partial charge in [-0.1, -0.05) is 0 Å². The molecule has 3 aliphatic heterocycles. The molecule has 14 N–H and O–H groups in total. The first kappa shape index (κ1) is 46.6. The van der Waals surface area contributed by atoms with E-state index < -0.39 is 142 Å². The summed E-state index contributed by atoms with van der Waals surface area (Å²) >= 11 is 0. The lowest BCUT2D eigenvalue weighted by atomic mass is 9.96. The lowest BCUT2D eigenvalue weighted by Crippen LogP contribution is -2.65. The van der Waals surface area contributed by atoms with Crippen molar-refractivity contribution in [3.8, 4) is 0 Å². The Balaban J connectivity index is 1.58. The molecular weight excluding hydrogens is 748 g/mol. The molecule has 318 valence electrons. The van der Waals surface area contributed by atoms with Crippen LogP contribution in [0.5, 0.6) is 0 Å². The maximum absolute atomic E-state index is 12.4. The van der Waals surface area contributed by atoms with E-state index in [1.165, 1.54) is 6.92 Å². The van der Waals surface area contributed by atoms with Crippen molar-refractivity contribution in [3.63, 3.8) is 0 Å². The Morgan fingerprint density at radius 1 is 0.618 bits per heavy atom. The third kappa shape index (κ3) is 12.9. The molecule has 0 aromatic rings. The molecule has 0 aromatic heterocycles. The van der Waals surface area contributed by atoms with Crippen LogP contribution in [0, 0.1) is 0 Å². The number of carbonyl (C=O) groups excluding carboxylic acids is 4. The maximum atomic E-state index is 12.4. The van der Waals surface area contributed by atoms with Crippen LogP contribution in [0.25, 0.3) is 0 Å². The van der Waals surface area contributed by atoms with Gasteiger partial charge in [-0.2, -0.15) is 0 Å². The molecule has 3 rings (SSSR count). The van der Waals surface area contributed by atoms with E-state index in [1.54, 1.807) is 6.92 Å². The van der Waals surface area contributed by atoms with Crippen molar-refractivity contribution in [1.82, 2.24) is 21.3 Å². The SMILES string of the molecule is CCNC(=O)CCC(=O)N[C@@H](C)C(=O)NCC(=O)NCCO[C@H]1O[C@H](CO[C@H]2O[C@H](CO)[C@@H](O)[C@H](O)[C@@H]2O)[C@@H](O)[C@H](O[C@H]2O[C@H](CO)[C@@H](O)[C@H](O)[C@@H]2O)[C@@H]1O. The first-order valence-electron chi connectivity index (χ1n) is 17.7. The Kier molecular flexibility index (Phi) is 18.9. The summed E-state index contributed by atoms with van der Waals surface area (Å²) in [6.45, 7) is 0.198. The first-order chi connectivity index (χ1) is 26.0. The highest BCUT2D eigenvalue weighted by molar-refractivity contribution is 5.91. The van der Waals surface area contributed by atoms with Crippen LogP contribution in [0.4, 0.5) is 0 Å². The van der Waals surface area contributed by atoms with Crippen LogP contribution >= 0.6 is 0 Å². The van der Waals surface area contributed by atoms with Crippen molar-refractivity contribution in [2.45, 2.75) is 125 Å². The molecule has 55 heavy (non-hydrogen) atoms. The number of ether oxygens (including phenoxy) is 6. The predicted octanol–water partition coefficient (Wildman–Crippen LogP) is -8.90. The zero-order valence-electron chi connectivity index (χ0n) is 30.2. The second-order valence-electron chi connectivity index (χ2n) is 13.0. The molecule has 3 heterocycles. The zero-order chi connectivity index (χ0) is 41.0. The number of nitrogens with one attached hydrogen (secondary N) is 4.